The standard InChI is InChI=1S/C14H12Cl5N3O3/c15-4-7(5-16)12(19)20-13(24)21-6-11(23)22(14(21)25)10-2-8(17)1-9(18)3-10/h1-3,7,12H,4-6H2,(H,20,24). The number of hydrogen-bond acceptors (Lipinski definition) is 3. The number of carbonyl (C=O) groups excluding carboxylic acids is 3. The molecule has 136 valence electrons. The highest BCUT2D eigenvalue weighted by molar-refractivity contribution is 6.36. The van der Waals surface area contributed by atoms with E-state index in [1.54, 1.807) is 0 Å². The lowest BCUT2D eigenvalue weighted by molar-refractivity contribution is -0.116. The van der Waals surface area contributed by atoms with Crippen LogP contribution in [0.1, 0.15) is 0 Å². The maximum Gasteiger partial charge on any atom is 0.340 e. The van der Waals surface area contributed by atoms with Crippen LogP contribution in [0.15, 0.2) is 18.2 Å². The number of hydrogen-bond donors (Lipinski definition) is 1. The number of rotatable bonds is 5. The lowest BCUT2D eigenvalue weighted by Crippen LogP contribution is -2.47. The van der Waals surface area contributed by atoms with E-state index < -0.39 is 35.9 Å². The molecule has 11 heteroatoms. The van der Waals surface area contributed by atoms with Gasteiger partial charge in [-0.3, -0.25) is 4.79 Å². The highest BCUT2D eigenvalue weighted by atomic mass is 35.5. The maximum absolute atomic E-state index is 12.5. The van der Waals surface area contributed by atoms with Crippen LogP contribution in [0.4, 0.5) is 15.3 Å². The van der Waals surface area contributed by atoms with Crippen molar-refractivity contribution in [1.82, 2.24) is 10.2 Å². The molecule has 0 saturated carbocycles. The molecular weight excluding hydrogens is 435 g/mol. The Morgan fingerprint density at radius 3 is 2.20 bits per heavy atom. The van der Waals surface area contributed by atoms with Crippen LogP contribution in [0.25, 0.3) is 0 Å². The predicted molar refractivity (Wildman–Crippen MR) is 99.2 cm³/mol. The minimum Gasteiger partial charge on any atom is -0.321 e. The molecule has 0 aromatic heterocycles. The van der Waals surface area contributed by atoms with Crippen LogP contribution < -0.4 is 10.2 Å². The van der Waals surface area contributed by atoms with Gasteiger partial charge in [-0.15, -0.1) is 23.2 Å². The van der Waals surface area contributed by atoms with Crippen molar-refractivity contribution in [3.05, 3.63) is 28.2 Å². The average molecular weight is 448 g/mol. The van der Waals surface area contributed by atoms with E-state index in [2.05, 4.69) is 5.32 Å². The summed E-state index contributed by atoms with van der Waals surface area (Å²) < 4.78 is 0. The summed E-state index contributed by atoms with van der Waals surface area (Å²) in [6.45, 7) is -0.440. The maximum atomic E-state index is 12.5. The minimum absolute atomic E-state index is 0.123. The number of nitrogens with zero attached hydrogens (tertiary/aromatic N) is 2. The Hall–Kier alpha value is -0.920. The summed E-state index contributed by atoms with van der Waals surface area (Å²) in [5.74, 6) is -0.753. The van der Waals surface area contributed by atoms with E-state index >= 15 is 0 Å². The highest BCUT2D eigenvalue weighted by Gasteiger charge is 2.41. The van der Waals surface area contributed by atoms with Gasteiger partial charge in [0.25, 0.3) is 5.91 Å². The van der Waals surface area contributed by atoms with Gasteiger partial charge in [0, 0.05) is 27.7 Å². The van der Waals surface area contributed by atoms with Gasteiger partial charge < -0.3 is 5.32 Å². The van der Waals surface area contributed by atoms with Gasteiger partial charge in [0.15, 0.2) is 0 Å². The zero-order chi connectivity index (χ0) is 18.7. The van der Waals surface area contributed by atoms with E-state index in [1.165, 1.54) is 18.2 Å². The Bertz CT molecular complexity index is 678. The van der Waals surface area contributed by atoms with Crippen LogP contribution in [0, 0.1) is 5.92 Å². The Morgan fingerprint density at radius 2 is 1.68 bits per heavy atom. The van der Waals surface area contributed by atoms with Crippen molar-refractivity contribution in [1.29, 1.82) is 0 Å². The lowest BCUT2D eigenvalue weighted by Gasteiger charge is -2.22. The third-order valence-electron chi connectivity index (χ3n) is 3.39. The zero-order valence-corrected chi connectivity index (χ0v) is 16.3. The first-order valence-corrected chi connectivity index (χ1v) is 9.21. The van der Waals surface area contributed by atoms with Crippen LogP contribution in [-0.4, -0.2) is 46.7 Å². The molecule has 0 radical (unpaired) electrons. The normalized spacial score (nSPS) is 15.9. The Morgan fingerprint density at radius 1 is 1.12 bits per heavy atom. The van der Waals surface area contributed by atoms with Crippen LogP contribution in [0.3, 0.4) is 0 Å². The second kappa shape index (κ2) is 8.64. The van der Waals surface area contributed by atoms with Crippen molar-refractivity contribution < 1.29 is 14.4 Å². The number of alkyl halides is 3. The van der Waals surface area contributed by atoms with Crippen LogP contribution in [-0.2, 0) is 4.79 Å². The molecule has 1 atom stereocenters. The molecule has 0 spiro atoms. The fourth-order valence-electron chi connectivity index (χ4n) is 2.09. The monoisotopic (exact) mass is 445 g/mol. The SMILES string of the molecule is O=C(NC(Cl)C(CCl)CCl)N1CC(=O)N(c2cc(Cl)cc(Cl)c2)C1=O. The van der Waals surface area contributed by atoms with Gasteiger partial charge >= 0.3 is 12.1 Å². The molecular formula is C14H12Cl5N3O3. The molecule has 25 heavy (non-hydrogen) atoms. The van der Waals surface area contributed by atoms with Gasteiger partial charge in [-0.05, 0) is 18.2 Å². The van der Waals surface area contributed by atoms with E-state index in [9.17, 15) is 14.4 Å². The topological polar surface area (TPSA) is 69.7 Å². The first-order valence-electron chi connectivity index (χ1n) is 6.95. The summed E-state index contributed by atoms with van der Waals surface area (Å²) in [6.07, 6.45) is 0. The number of halogens is 5. The third kappa shape index (κ3) is 4.63. The number of amides is 5. The van der Waals surface area contributed by atoms with E-state index in [0.29, 0.717) is 0 Å². The first kappa shape index (κ1) is 20.4. The van der Waals surface area contributed by atoms with Crippen molar-refractivity contribution in [2.24, 2.45) is 5.92 Å². The Balaban J connectivity index is 2.16. The number of benzene rings is 1. The highest BCUT2D eigenvalue weighted by Crippen LogP contribution is 2.28. The van der Waals surface area contributed by atoms with Crippen LogP contribution in [0.5, 0.6) is 0 Å². The van der Waals surface area contributed by atoms with Gasteiger partial charge in [-0.1, -0.05) is 34.8 Å². The van der Waals surface area contributed by atoms with Crippen molar-refractivity contribution in [2.75, 3.05) is 23.2 Å². The summed E-state index contributed by atoms with van der Waals surface area (Å²) in [5, 5.41) is 2.90. The fourth-order valence-corrected chi connectivity index (χ4v) is 3.75. The minimum atomic E-state index is -0.889. The van der Waals surface area contributed by atoms with Gasteiger partial charge in [0.05, 0.1) is 5.69 Å². The van der Waals surface area contributed by atoms with Crippen molar-refractivity contribution in [3.8, 4) is 0 Å². The summed E-state index contributed by atoms with van der Waals surface area (Å²) in [4.78, 5) is 38.4. The molecule has 1 aliphatic heterocycles. The predicted octanol–water partition coefficient (Wildman–Crippen LogP) is 4.13. The van der Waals surface area contributed by atoms with E-state index in [-0.39, 0.29) is 27.5 Å². The van der Waals surface area contributed by atoms with Crippen molar-refractivity contribution >= 4 is 81.7 Å². The lowest BCUT2D eigenvalue weighted by atomic mass is 10.2. The summed E-state index contributed by atoms with van der Waals surface area (Å²) in [7, 11) is 0. The van der Waals surface area contributed by atoms with Gasteiger partial charge in [-0.2, -0.15) is 0 Å². The van der Waals surface area contributed by atoms with Gasteiger partial charge in [-0.25, -0.2) is 19.4 Å². The van der Waals surface area contributed by atoms with Gasteiger partial charge in [0.2, 0.25) is 0 Å². The molecule has 1 aliphatic rings. The second-order valence-corrected chi connectivity index (χ2v) is 7.11. The number of nitrogens with one attached hydrogen (secondary N) is 1. The average Bonchev–Trinajstić information content (AvgIpc) is 2.82. The Labute approximate surface area is 168 Å². The quantitative estimate of drug-likeness (QED) is 0.419. The molecule has 0 aliphatic carbocycles. The summed E-state index contributed by atoms with van der Waals surface area (Å²) >= 11 is 29.2. The molecule has 1 aromatic carbocycles. The third-order valence-corrected chi connectivity index (χ3v) is 5.08. The molecule has 1 aromatic rings. The van der Waals surface area contributed by atoms with Crippen molar-refractivity contribution in [2.45, 2.75) is 5.50 Å². The first-order chi connectivity index (χ1) is 11.8. The van der Waals surface area contributed by atoms with Crippen molar-refractivity contribution in [3.63, 3.8) is 0 Å². The number of imide groups is 2. The summed E-state index contributed by atoms with van der Waals surface area (Å²) in [5.41, 5.74) is -0.718. The molecule has 1 unspecified atom stereocenters. The molecule has 1 N–H and O–H groups in total. The van der Waals surface area contributed by atoms with Crippen LogP contribution >= 0.6 is 58.0 Å². The molecule has 1 saturated heterocycles. The van der Waals surface area contributed by atoms with Gasteiger partial charge in [0.1, 0.15) is 12.0 Å². The molecule has 0 bridgehead atoms. The largest absolute Gasteiger partial charge is 0.340 e. The molecule has 5 amide bonds. The van der Waals surface area contributed by atoms with E-state index in [0.717, 1.165) is 9.80 Å². The molecule has 1 fully saturated rings. The molecule has 6 nitrogen and oxygen atoms in total. The van der Waals surface area contributed by atoms with E-state index in [1.807, 2.05) is 0 Å². The summed E-state index contributed by atoms with van der Waals surface area (Å²) in [6, 6.07) is 2.59. The number of urea groups is 2. The second-order valence-electron chi connectivity index (χ2n) is 5.15. The number of carbonyl (C=O) groups is 3. The van der Waals surface area contributed by atoms with E-state index in [4.69, 9.17) is 58.0 Å². The smallest absolute Gasteiger partial charge is 0.321 e. The van der Waals surface area contributed by atoms with Crippen LogP contribution in [0.2, 0.25) is 10.0 Å². The fraction of sp³-hybridized carbons (Fsp3) is 0.357. The zero-order valence-electron chi connectivity index (χ0n) is 12.5. The molecule has 1 heterocycles. The Kier molecular flexibility index (Phi) is 7.05. The number of anilines is 1. The molecule has 2 rings (SSSR count).